The van der Waals surface area contributed by atoms with E-state index in [1.807, 2.05) is 57.2 Å². The fraction of sp³-hybridized carbons (Fsp3) is 0.344. The number of aromatic nitrogens is 2. The molecule has 1 aromatic heterocycles. The Balaban J connectivity index is 1.90. The molecule has 210 valence electrons. The second-order valence-corrected chi connectivity index (χ2v) is 10.8. The molecule has 0 spiro atoms. The number of rotatable bonds is 10. The van der Waals surface area contributed by atoms with Crippen LogP contribution in [-0.2, 0) is 0 Å². The molecular weight excluding hydrogens is 570 g/mol. The molecule has 0 radical (unpaired) electrons. The van der Waals surface area contributed by atoms with E-state index < -0.39 is 0 Å². The van der Waals surface area contributed by atoms with Crippen LogP contribution in [0.15, 0.2) is 62.9 Å². The maximum atomic E-state index is 13.8. The van der Waals surface area contributed by atoms with Gasteiger partial charge in [0, 0.05) is 5.56 Å². The average molecular weight is 607 g/mol. The molecule has 0 aliphatic rings. The average Bonchev–Trinajstić information content (AvgIpc) is 2.93. The van der Waals surface area contributed by atoms with Crippen molar-refractivity contribution in [1.29, 1.82) is 0 Å². The molecule has 1 atom stereocenters. The number of hydrogen-bond acceptors (Lipinski definition) is 6. The molecule has 0 N–H and O–H groups in total. The Kier molecular flexibility index (Phi) is 9.30. The third kappa shape index (κ3) is 6.07. The lowest BCUT2D eigenvalue weighted by Gasteiger charge is -2.18. The number of nitrogens with zero attached hydrogens (tertiary/aromatic N) is 3. The van der Waals surface area contributed by atoms with Gasteiger partial charge >= 0.3 is 0 Å². The summed E-state index contributed by atoms with van der Waals surface area (Å²) in [7, 11) is 1.60. The minimum Gasteiger partial charge on any atom is -0.494 e. The summed E-state index contributed by atoms with van der Waals surface area (Å²) in [6.45, 7) is 12.9. The van der Waals surface area contributed by atoms with Gasteiger partial charge in [0.1, 0.15) is 5.75 Å². The van der Waals surface area contributed by atoms with Gasteiger partial charge in [-0.2, -0.15) is 9.78 Å². The number of hydrogen-bond donors (Lipinski definition) is 0. The van der Waals surface area contributed by atoms with E-state index in [-0.39, 0.29) is 17.6 Å². The molecule has 1 heterocycles. The van der Waals surface area contributed by atoms with Crippen LogP contribution in [0.25, 0.3) is 22.3 Å². The lowest BCUT2D eigenvalue weighted by atomic mass is 9.96. The third-order valence-corrected chi connectivity index (χ3v) is 7.33. The molecule has 0 aliphatic carbocycles. The normalized spacial score (nSPS) is 12.3. The van der Waals surface area contributed by atoms with Crippen molar-refractivity contribution < 1.29 is 14.2 Å². The van der Waals surface area contributed by atoms with Gasteiger partial charge in [0.15, 0.2) is 17.3 Å². The molecule has 4 rings (SSSR count). The van der Waals surface area contributed by atoms with Crippen molar-refractivity contribution in [1.82, 2.24) is 9.66 Å². The Morgan fingerprint density at radius 3 is 2.50 bits per heavy atom. The third-order valence-electron chi connectivity index (χ3n) is 6.74. The topological polar surface area (TPSA) is 74.9 Å². The number of methoxy groups -OCH3 is 1. The predicted octanol–water partition coefficient (Wildman–Crippen LogP) is 7.72. The first-order chi connectivity index (χ1) is 19.2. The first-order valence-electron chi connectivity index (χ1n) is 13.6. The van der Waals surface area contributed by atoms with E-state index in [0.29, 0.717) is 34.8 Å². The summed E-state index contributed by atoms with van der Waals surface area (Å²) in [5.74, 6) is 2.72. The highest BCUT2D eigenvalue weighted by atomic mass is 79.9. The number of ether oxygens (including phenoxy) is 3. The smallest absolute Gasteiger partial charge is 0.282 e. The molecule has 0 aliphatic heterocycles. The van der Waals surface area contributed by atoms with Crippen LogP contribution in [-0.4, -0.2) is 35.7 Å². The van der Waals surface area contributed by atoms with E-state index >= 15 is 0 Å². The molecule has 3 aromatic carbocycles. The number of benzene rings is 3. The summed E-state index contributed by atoms with van der Waals surface area (Å²) in [5.41, 5.74) is 3.91. The highest BCUT2D eigenvalue weighted by Gasteiger charge is 2.19. The largest absolute Gasteiger partial charge is 0.494 e. The van der Waals surface area contributed by atoms with Gasteiger partial charge in [-0.25, -0.2) is 4.98 Å². The van der Waals surface area contributed by atoms with Gasteiger partial charge in [0.2, 0.25) is 0 Å². The summed E-state index contributed by atoms with van der Waals surface area (Å²) in [6, 6.07) is 15.1. The van der Waals surface area contributed by atoms with Crippen molar-refractivity contribution in [3.63, 3.8) is 0 Å². The molecule has 4 aromatic rings. The molecule has 40 heavy (non-hydrogen) atoms. The van der Waals surface area contributed by atoms with E-state index in [1.165, 1.54) is 4.68 Å². The number of halogens is 1. The maximum Gasteiger partial charge on any atom is 0.282 e. The number of aryl methyl sites for hydroxylation is 1. The van der Waals surface area contributed by atoms with E-state index in [9.17, 15) is 4.79 Å². The summed E-state index contributed by atoms with van der Waals surface area (Å²) < 4.78 is 19.7. The lowest BCUT2D eigenvalue weighted by molar-refractivity contribution is 0.206. The molecule has 0 bridgehead atoms. The highest BCUT2D eigenvalue weighted by Crippen LogP contribution is 2.38. The minimum absolute atomic E-state index is 0.0302. The Bertz CT molecular complexity index is 1610. The Morgan fingerprint density at radius 2 is 1.82 bits per heavy atom. The van der Waals surface area contributed by atoms with E-state index in [0.717, 1.165) is 38.9 Å². The molecule has 0 unspecified atom stereocenters. The summed E-state index contributed by atoms with van der Waals surface area (Å²) >= 11 is 3.61. The molecular formula is C32H36BrN3O4. The fourth-order valence-corrected chi connectivity index (χ4v) is 4.97. The summed E-state index contributed by atoms with van der Waals surface area (Å²) in [4.78, 5) is 18.7. The molecule has 0 amide bonds. The molecule has 0 saturated heterocycles. The van der Waals surface area contributed by atoms with Crippen LogP contribution in [0.4, 0.5) is 0 Å². The zero-order valence-corrected chi connectivity index (χ0v) is 25.7. The minimum atomic E-state index is -0.251. The monoisotopic (exact) mass is 605 g/mol. The fourth-order valence-electron chi connectivity index (χ4n) is 4.41. The van der Waals surface area contributed by atoms with E-state index in [2.05, 4.69) is 47.9 Å². The van der Waals surface area contributed by atoms with E-state index in [4.69, 9.17) is 19.2 Å². The Labute approximate surface area is 243 Å². The first-order valence-corrected chi connectivity index (χ1v) is 14.4. The molecule has 7 nitrogen and oxygen atoms in total. The molecule has 8 heteroatoms. The van der Waals surface area contributed by atoms with Gasteiger partial charge in [-0.3, -0.25) is 4.79 Å². The van der Waals surface area contributed by atoms with Crippen LogP contribution in [0.1, 0.15) is 63.6 Å². The van der Waals surface area contributed by atoms with Crippen molar-refractivity contribution in [3.8, 4) is 28.6 Å². The first kappa shape index (κ1) is 29.3. The standard InChI is InChI=1S/C32H36BrN3O4/c1-8-21(6)40-30-26(33)15-22(16-29(30)38-7)18-34-36-31(35-27-13-11-10-12-23(27)32(36)37)25-17-24(19(3)4)28(39-9-2)14-20(25)5/h10-19,21H,8-9H2,1-7H3/t21-/m1/s1. The maximum absolute atomic E-state index is 13.8. The zero-order valence-electron chi connectivity index (χ0n) is 24.1. The van der Waals surface area contributed by atoms with Crippen molar-refractivity contribution in [2.24, 2.45) is 5.10 Å². The van der Waals surface area contributed by atoms with Crippen LogP contribution in [0, 0.1) is 6.92 Å². The van der Waals surface area contributed by atoms with Gasteiger partial charge < -0.3 is 14.2 Å². The van der Waals surface area contributed by atoms with Crippen LogP contribution < -0.4 is 19.8 Å². The number of fused-ring (bicyclic) bond motifs is 1. The molecule has 0 saturated carbocycles. The van der Waals surface area contributed by atoms with Gasteiger partial charge in [-0.05, 0) is 102 Å². The molecule has 0 fully saturated rings. The van der Waals surface area contributed by atoms with Crippen molar-refractivity contribution in [2.75, 3.05) is 13.7 Å². The summed E-state index contributed by atoms with van der Waals surface area (Å²) in [5, 5.41) is 5.16. The Morgan fingerprint density at radius 1 is 1.07 bits per heavy atom. The van der Waals surface area contributed by atoms with Gasteiger partial charge in [0.05, 0.1) is 41.4 Å². The highest BCUT2D eigenvalue weighted by molar-refractivity contribution is 9.10. The number of para-hydroxylation sites is 1. The lowest BCUT2D eigenvalue weighted by Crippen LogP contribution is -2.21. The second-order valence-electron chi connectivity index (χ2n) is 9.98. The predicted molar refractivity (Wildman–Crippen MR) is 166 cm³/mol. The summed E-state index contributed by atoms with van der Waals surface area (Å²) in [6.07, 6.45) is 2.53. The van der Waals surface area contributed by atoms with Crippen LogP contribution in [0.3, 0.4) is 0 Å². The van der Waals surface area contributed by atoms with Crippen molar-refractivity contribution >= 4 is 33.0 Å². The van der Waals surface area contributed by atoms with Crippen LogP contribution >= 0.6 is 15.9 Å². The van der Waals surface area contributed by atoms with Crippen LogP contribution in [0.2, 0.25) is 0 Å². The van der Waals surface area contributed by atoms with Gasteiger partial charge in [0.25, 0.3) is 5.56 Å². The van der Waals surface area contributed by atoms with Crippen molar-refractivity contribution in [3.05, 3.63) is 80.0 Å². The van der Waals surface area contributed by atoms with Gasteiger partial charge in [-0.15, -0.1) is 0 Å². The van der Waals surface area contributed by atoms with Crippen molar-refractivity contribution in [2.45, 2.75) is 60.0 Å². The second kappa shape index (κ2) is 12.7. The quantitative estimate of drug-likeness (QED) is 0.173. The van der Waals surface area contributed by atoms with E-state index in [1.54, 1.807) is 19.4 Å². The van der Waals surface area contributed by atoms with Gasteiger partial charge in [-0.1, -0.05) is 32.9 Å². The zero-order chi connectivity index (χ0) is 29.0. The van der Waals surface area contributed by atoms with Crippen LogP contribution in [0.5, 0.6) is 17.2 Å². The SMILES string of the molecule is CCOc1cc(C)c(-c2nc3ccccc3c(=O)n2N=Cc2cc(Br)c(O[C@H](C)CC)c(OC)c2)cc1C(C)C. The Hall–Kier alpha value is -3.65.